The van der Waals surface area contributed by atoms with Crippen LogP contribution in [0.15, 0.2) is 60.9 Å². The second-order valence-electron chi connectivity index (χ2n) is 13.0. The van der Waals surface area contributed by atoms with E-state index in [-0.39, 0.29) is 18.4 Å². The van der Waals surface area contributed by atoms with Gasteiger partial charge in [-0.1, -0.05) is 62.4 Å². The number of nitrogens with zero attached hydrogens (tertiary/aromatic N) is 4. The molecular weight excluding hydrogens is 598 g/mol. The zero-order valence-corrected chi connectivity index (χ0v) is 26.9. The highest BCUT2D eigenvalue weighted by atomic mass is 16.7. The van der Waals surface area contributed by atoms with Gasteiger partial charge in [-0.15, -0.1) is 0 Å². The molecule has 12 heteroatoms. The van der Waals surface area contributed by atoms with Crippen LogP contribution in [-0.2, 0) is 14.3 Å². The molecule has 246 valence electrons. The second-order valence-corrected chi connectivity index (χ2v) is 13.0. The third-order valence-corrected chi connectivity index (χ3v) is 9.61. The summed E-state index contributed by atoms with van der Waals surface area (Å²) >= 11 is 0. The third kappa shape index (κ3) is 6.04. The molecule has 47 heavy (non-hydrogen) atoms. The highest BCUT2D eigenvalue weighted by molar-refractivity contribution is 5.86. The van der Waals surface area contributed by atoms with Crippen LogP contribution in [0.5, 0.6) is 0 Å². The van der Waals surface area contributed by atoms with Crippen molar-refractivity contribution in [2.24, 2.45) is 5.92 Å². The SMILES string of the molecule is CC(C)[C@@H](C(=O)N1CC2(C[C@H]1c1ncc(-c3ccc(-c4ccc(-c5cnc([C@@H]6CCCN6)[nH]5)cc4)cc3)[nH]1)OCCO2)N(C)C(=O)O. The summed E-state index contributed by atoms with van der Waals surface area (Å²) in [5.74, 6) is 0.149. The molecule has 4 N–H and O–H groups in total. The summed E-state index contributed by atoms with van der Waals surface area (Å²) in [6, 6.07) is 15.7. The average molecular weight is 640 g/mol. The van der Waals surface area contributed by atoms with Gasteiger partial charge in [0.1, 0.15) is 17.7 Å². The maximum Gasteiger partial charge on any atom is 0.407 e. The smallest absolute Gasteiger partial charge is 0.407 e. The molecule has 0 radical (unpaired) electrons. The van der Waals surface area contributed by atoms with Crippen LogP contribution in [-0.4, -0.2) is 92.0 Å². The van der Waals surface area contributed by atoms with Crippen molar-refractivity contribution in [3.05, 3.63) is 72.6 Å². The maximum atomic E-state index is 13.9. The van der Waals surface area contributed by atoms with Gasteiger partial charge < -0.3 is 34.8 Å². The third-order valence-electron chi connectivity index (χ3n) is 9.61. The van der Waals surface area contributed by atoms with Gasteiger partial charge in [-0.3, -0.25) is 9.69 Å². The van der Waals surface area contributed by atoms with Crippen molar-refractivity contribution in [1.29, 1.82) is 0 Å². The summed E-state index contributed by atoms with van der Waals surface area (Å²) in [5.41, 5.74) is 6.08. The second kappa shape index (κ2) is 12.6. The van der Waals surface area contributed by atoms with E-state index in [4.69, 9.17) is 9.47 Å². The predicted octanol–water partition coefficient (Wildman–Crippen LogP) is 5.21. The topological polar surface area (TPSA) is 149 Å². The highest BCUT2D eigenvalue weighted by Gasteiger charge is 2.53. The van der Waals surface area contributed by atoms with E-state index in [1.165, 1.54) is 13.5 Å². The summed E-state index contributed by atoms with van der Waals surface area (Å²) < 4.78 is 12.0. The molecule has 7 rings (SSSR count). The van der Waals surface area contributed by atoms with Crippen LogP contribution in [0.2, 0.25) is 0 Å². The van der Waals surface area contributed by atoms with Crippen LogP contribution in [0.3, 0.4) is 0 Å². The van der Waals surface area contributed by atoms with Crippen molar-refractivity contribution in [2.45, 2.75) is 57.0 Å². The first-order valence-electron chi connectivity index (χ1n) is 16.3. The van der Waals surface area contributed by atoms with Gasteiger partial charge >= 0.3 is 6.09 Å². The van der Waals surface area contributed by atoms with Gasteiger partial charge in [-0.25, -0.2) is 14.8 Å². The van der Waals surface area contributed by atoms with Crippen LogP contribution in [0.25, 0.3) is 33.6 Å². The number of H-pyrrole nitrogens is 2. The number of rotatable bonds is 8. The summed E-state index contributed by atoms with van der Waals surface area (Å²) in [4.78, 5) is 44.7. The number of hydrogen-bond acceptors (Lipinski definition) is 7. The number of aromatic amines is 2. The fraction of sp³-hybridized carbons (Fsp3) is 0.429. The largest absolute Gasteiger partial charge is 0.465 e. The lowest BCUT2D eigenvalue weighted by Crippen LogP contribution is -2.52. The number of likely N-dealkylation sites (N-methyl/N-ethyl adjacent to an activating group) is 1. The Kier molecular flexibility index (Phi) is 8.33. The summed E-state index contributed by atoms with van der Waals surface area (Å²) in [5, 5.41) is 13.2. The van der Waals surface area contributed by atoms with E-state index < -0.39 is 24.0 Å². The van der Waals surface area contributed by atoms with Gasteiger partial charge in [0, 0.05) is 13.5 Å². The first-order chi connectivity index (χ1) is 22.7. The molecule has 12 nitrogen and oxygen atoms in total. The van der Waals surface area contributed by atoms with E-state index in [9.17, 15) is 14.7 Å². The molecule has 0 saturated carbocycles. The number of hydrogen-bond donors (Lipinski definition) is 4. The van der Waals surface area contributed by atoms with Crippen LogP contribution in [0.1, 0.15) is 56.8 Å². The number of nitrogens with one attached hydrogen (secondary N) is 3. The monoisotopic (exact) mass is 639 g/mol. The molecular formula is C35H41N7O5. The standard InChI is InChI=1S/C35H41N7O5/c1-21(2)30(41(3)34(44)45)33(43)42-20-35(46-15-16-47-35)17-29(42)32-38-19-28(40-32)25-12-8-23(9-13-25)22-6-10-24(11-7-22)27-18-37-31(39-27)26-5-4-14-36-26/h6-13,18-19,21,26,29-30,36H,4-5,14-17,20H2,1-3H3,(H,37,39)(H,38,40)(H,44,45)/t26-,29-,30-/m0/s1. The van der Waals surface area contributed by atoms with E-state index in [2.05, 4.69) is 73.8 Å². The maximum absolute atomic E-state index is 13.9. The number of ether oxygens (including phenoxy) is 2. The minimum atomic E-state index is -1.15. The molecule has 3 atom stereocenters. The zero-order valence-electron chi connectivity index (χ0n) is 26.9. The molecule has 4 aromatic rings. The van der Waals surface area contributed by atoms with Crippen molar-refractivity contribution in [3.8, 4) is 33.6 Å². The molecule has 3 aliphatic heterocycles. The molecule has 2 amide bonds. The first kappa shape index (κ1) is 31.1. The number of carbonyl (C=O) groups excluding carboxylic acids is 1. The molecule has 3 aliphatic rings. The Labute approximate surface area is 273 Å². The summed E-state index contributed by atoms with van der Waals surface area (Å²) in [7, 11) is 1.43. The minimum Gasteiger partial charge on any atom is -0.465 e. The summed E-state index contributed by atoms with van der Waals surface area (Å²) in [6.07, 6.45) is 5.21. The predicted molar refractivity (Wildman–Crippen MR) is 175 cm³/mol. The Morgan fingerprint density at radius 2 is 1.47 bits per heavy atom. The lowest BCUT2D eigenvalue weighted by atomic mass is 10.0. The van der Waals surface area contributed by atoms with E-state index in [0.29, 0.717) is 31.5 Å². The van der Waals surface area contributed by atoms with Gasteiger partial charge in [-0.2, -0.15) is 0 Å². The number of amides is 2. The number of benzene rings is 2. The van der Waals surface area contributed by atoms with Gasteiger partial charge in [-0.05, 0) is 47.6 Å². The fourth-order valence-electron chi connectivity index (χ4n) is 7.12. The van der Waals surface area contributed by atoms with Gasteiger partial charge in [0.2, 0.25) is 5.91 Å². The van der Waals surface area contributed by atoms with E-state index in [0.717, 1.165) is 57.3 Å². The molecule has 5 heterocycles. The molecule has 0 unspecified atom stereocenters. The summed E-state index contributed by atoms with van der Waals surface area (Å²) in [6.45, 7) is 5.82. The average Bonchev–Trinajstić information content (AvgIpc) is 3.92. The quantitative estimate of drug-likeness (QED) is 0.205. The van der Waals surface area contributed by atoms with E-state index in [1.807, 2.05) is 20.0 Å². The number of likely N-dealkylation sites (tertiary alicyclic amines) is 1. The van der Waals surface area contributed by atoms with Gasteiger partial charge in [0.05, 0.1) is 55.6 Å². The van der Waals surface area contributed by atoms with Crippen molar-refractivity contribution in [3.63, 3.8) is 0 Å². The van der Waals surface area contributed by atoms with E-state index in [1.54, 1.807) is 11.1 Å². The van der Waals surface area contributed by atoms with Crippen molar-refractivity contribution >= 4 is 12.0 Å². The van der Waals surface area contributed by atoms with Crippen LogP contribution in [0, 0.1) is 5.92 Å². The van der Waals surface area contributed by atoms with Crippen LogP contribution < -0.4 is 5.32 Å². The molecule has 2 aromatic carbocycles. The highest BCUT2D eigenvalue weighted by Crippen LogP contribution is 2.43. The lowest BCUT2D eigenvalue weighted by molar-refractivity contribution is -0.155. The fourth-order valence-corrected chi connectivity index (χ4v) is 7.12. The van der Waals surface area contributed by atoms with Crippen molar-refractivity contribution in [1.82, 2.24) is 35.1 Å². The van der Waals surface area contributed by atoms with Gasteiger partial charge in [0.15, 0.2) is 5.79 Å². The lowest BCUT2D eigenvalue weighted by Gasteiger charge is -2.33. The molecule has 0 bridgehead atoms. The Bertz CT molecular complexity index is 1720. The Balaban J connectivity index is 1.08. The normalized spacial score (nSPS) is 21.1. The molecule has 3 saturated heterocycles. The molecule has 0 aliphatic carbocycles. The Hall–Kier alpha value is -4.52. The van der Waals surface area contributed by atoms with Crippen LogP contribution in [0.4, 0.5) is 4.79 Å². The number of aromatic nitrogens is 4. The first-order valence-corrected chi connectivity index (χ1v) is 16.3. The van der Waals surface area contributed by atoms with Gasteiger partial charge in [0.25, 0.3) is 0 Å². The number of carbonyl (C=O) groups is 2. The zero-order chi connectivity index (χ0) is 32.7. The Morgan fingerprint density at radius 3 is 2.00 bits per heavy atom. The number of carboxylic acid groups (broad SMARTS) is 1. The molecule has 1 spiro atoms. The molecule has 3 fully saturated rings. The minimum absolute atomic E-state index is 0.204. The van der Waals surface area contributed by atoms with Crippen LogP contribution >= 0.6 is 0 Å². The molecule has 2 aromatic heterocycles. The van der Waals surface area contributed by atoms with E-state index >= 15 is 0 Å². The van der Waals surface area contributed by atoms with Crippen molar-refractivity contribution < 1.29 is 24.2 Å². The number of imidazole rings is 2. The van der Waals surface area contributed by atoms with Crippen molar-refractivity contribution in [2.75, 3.05) is 33.4 Å². The Morgan fingerprint density at radius 1 is 0.915 bits per heavy atom.